The summed E-state index contributed by atoms with van der Waals surface area (Å²) in [7, 11) is 0. The molecule has 0 bridgehead atoms. The van der Waals surface area contributed by atoms with Gasteiger partial charge in [0.15, 0.2) is 0 Å². The Morgan fingerprint density at radius 1 is 1.47 bits per heavy atom. The number of rotatable bonds is 5. The summed E-state index contributed by atoms with van der Waals surface area (Å²) in [4.78, 5) is 0. The van der Waals surface area contributed by atoms with Gasteiger partial charge in [-0.15, -0.1) is 0 Å². The van der Waals surface area contributed by atoms with Gasteiger partial charge in [0.2, 0.25) is 0 Å². The van der Waals surface area contributed by atoms with E-state index in [1.807, 2.05) is 10.9 Å². The highest BCUT2D eigenvalue weighted by Crippen LogP contribution is 2.28. The normalized spacial score (nSPS) is 19.1. The van der Waals surface area contributed by atoms with Crippen LogP contribution in [0.5, 0.6) is 0 Å². The van der Waals surface area contributed by atoms with Crippen molar-refractivity contribution in [3.05, 3.63) is 18.0 Å². The smallest absolute Gasteiger partial charge is 0.0771 e. The molecule has 0 aliphatic heterocycles. The number of aliphatic hydroxyl groups is 1. The largest absolute Gasteiger partial charge is 0.389 e. The van der Waals surface area contributed by atoms with Gasteiger partial charge in [-0.3, -0.25) is 4.68 Å². The highest BCUT2D eigenvalue weighted by Gasteiger charge is 2.30. The third-order valence-corrected chi connectivity index (χ3v) is 3.50. The Kier molecular flexibility index (Phi) is 3.84. The third-order valence-electron chi connectivity index (χ3n) is 3.50. The Labute approximate surface area is 103 Å². The maximum atomic E-state index is 10.2. The summed E-state index contributed by atoms with van der Waals surface area (Å²) in [5.41, 5.74) is 0.717. The van der Waals surface area contributed by atoms with Crippen molar-refractivity contribution in [1.82, 2.24) is 15.1 Å². The zero-order valence-electron chi connectivity index (χ0n) is 10.8. The lowest BCUT2D eigenvalue weighted by Crippen LogP contribution is -2.37. The molecule has 1 aliphatic carbocycles. The van der Waals surface area contributed by atoms with Crippen LogP contribution in [0.4, 0.5) is 0 Å². The van der Waals surface area contributed by atoms with Crippen molar-refractivity contribution in [3.63, 3.8) is 0 Å². The fourth-order valence-corrected chi connectivity index (χ4v) is 2.40. The average Bonchev–Trinajstić information content (AvgIpc) is 2.88. The molecular weight excluding hydrogens is 214 g/mol. The van der Waals surface area contributed by atoms with E-state index in [-0.39, 0.29) is 0 Å². The van der Waals surface area contributed by atoms with Gasteiger partial charge in [0.1, 0.15) is 0 Å². The SMILES string of the molecule is CC(C)n1cc(CNCC2(O)CCCC2)cn1. The van der Waals surface area contributed by atoms with E-state index in [4.69, 9.17) is 0 Å². The molecule has 0 unspecified atom stereocenters. The third kappa shape index (κ3) is 3.30. The first-order valence-corrected chi connectivity index (χ1v) is 6.55. The van der Waals surface area contributed by atoms with E-state index in [0.717, 1.165) is 32.2 Å². The van der Waals surface area contributed by atoms with Gasteiger partial charge in [0.25, 0.3) is 0 Å². The van der Waals surface area contributed by atoms with Gasteiger partial charge in [0.05, 0.1) is 11.8 Å². The molecular formula is C13H23N3O. The standard InChI is InChI=1S/C13H23N3O/c1-11(2)16-9-12(8-15-16)7-14-10-13(17)5-3-4-6-13/h8-9,11,14,17H,3-7,10H2,1-2H3. The second-order valence-electron chi connectivity index (χ2n) is 5.46. The molecule has 96 valence electrons. The molecule has 0 saturated heterocycles. The van der Waals surface area contributed by atoms with E-state index < -0.39 is 5.60 Å². The van der Waals surface area contributed by atoms with Gasteiger partial charge in [-0.2, -0.15) is 5.10 Å². The quantitative estimate of drug-likeness (QED) is 0.822. The first-order chi connectivity index (χ1) is 8.09. The highest BCUT2D eigenvalue weighted by molar-refractivity contribution is 5.04. The fourth-order valence-electron chi connectivity index (χ4n) is 2.40. The van der Waals surface area contributed by atoms with Crippen LogP contribution in [-0.4, -0.2) is 27.0 Å². The lowest BCUT2D eigenvalue weighted by molar-refractivity contribution is 0.0475. The lowest BCUT2D eigenvalue weighted by Gasteiger charge is -2.22. The molecule has 2 N–H and O–H groups in total. The summed E-state index contributed by atoms with van der Waals surface area (Å²) in [5.74, 6) is 0. The van der Waals surface area contributed by atoms with E-state index in [2.05, 4.69) is 30.5 Å². The molecule has 1 aliphatic rings. The van der Waals surface area contributed by atoms with Crippen molar-refractivity contribution in [2.45, 2.75) is 57.7 Å². The van der Waals surface area contributed by atoms with Crippen LogP contribution < -0.4 is 5.32 Å². The zero-order chi connectivity index (χ0) is 12.3. The summed E-state index contributed by atoms with van der Waals surface area (Å²) in [6.45, 7) is 5.71. The Hall–Kier alpha value is -0.870. The summed E-state index contributed by atoms with van der Waals surface area (Å²) >= 11 is 0. The number of hydrogen-bond acceptors (Lipinski definition) is 3. The van der Waals surface area contributed by atoms with Crippen LogP contribution in [0.15, 0.2) is 12.4 Å². The maximum absolute atomic E-state index is 10.2. The molecule has 17 heavy (non-hydrogen) atoms. The van der Waals surface area contributed by atoms with Gasteiger partial charge in [-0.25, -0.2) is 0 Å². The first kappa shape index (κ1) is 12.6. The Bertz CT molecular complexity index is 353. The zero-order valence-corrected chi connectivity index (χ0v) is 10.8. The van der Waals surface area contributed by atoms with Gasteiger partial charge in [0, 0.05) is 30.9 Å². The number of nitrogens with one attached hydrogen (secondary N) is 1. The molecule has 1 aromatic rings. The van der Waals surface area contributed by atoms with Crippen LogP contribution >= 0.6 is 0 Å². The van der Waals surface area contributed by atoms with Crippen LogP contribution in [0.3, 0.4) is 0 Å². The van der Waals surface area contributed by atoms with E-state index >= 15 is 0 Å². The Morgan fingerprint density at radius 3 is 2.76 bits per heavy atom. The highest BCUT2D eigenvalue weighted by atomic mass is 16.3. The summed E-state index contributed by atoms with van der Waals surface area (Å²) in [6, 6.07) is 0.405. The Morgan fingerprint density at radius 2 is 2.18 bits per heavy atom. The van der Waals surface area contributed by atoms with Crippen LogP contribution in [0, 0.1) is 0 Å². The Balaban J connectivity index is 1.77. The van der Waals surface area contributed by atoms with Crippen LogP contribution in [0.2, 0.25) is 0 Å². The second-order valence-corrected chi connectivity index (χ2v) is 5.46. The van der Waals surface area contributed by atoms with Gasteiger partial charge in [-0.1, -0.05) is 12.8 Å². The maximum Gasteiger partial charge on any atom is 0.0771 e. The molecule has 1 fully saturated rings. The van der Waals surface area contributed by atoms with E-state index in [1.165, 1.54) is 5.56 Å². The van der Waals surface area contributed by atoms with Crippen molar-refractivity contribution >= 4 is 0 Å². The van der Waals surface area contributed by atoms with E-state index in [0.29, 0.717) is 12.6 Å². The van der Waals surface area contributed by atoms with Crippen LogP contribution in [-0.2, 0) is 6.54 Å². The van der Waals surface area contributed by atoms with Crippen molar-refractivity contribution in [1.29, 1.82) is 0 Å². The van der Waals surface area contributed by atoms with E-state index in [9.17, 15) is 5.11 Å². The molecule has 0 radical (unpaired) electrons. The van der Waals surface area contributed by atoms with Gasteiger partial charge in [-0.05, 0) is 26.7 Å². The minimum atomic E-state index is -0.464. The molecule has 0 amide bonds. The first-order valence-electron chi connectivity index (χ1n) is 6.55. The summed E-state index contributed by atoms with van der Waals surface area (Å²) in [6.07, 6.45) is 8.14. The van der Waals surface area contributed by atoms with E-state index in [1.54, 1.807) is 0 Å². The minimum absolute atomic E-state index is 0.405. The topological polar surface area (TPSA) is 50.1 Å². The van der Waals surface area contributed by atoms with Crippen LogP contribution in [0.25, 0.3) is 0 Å². The number of aromatic nitrogens is 2. The number of nitrogens with zero attached hydrogens (tertiary/aromatic N) is 2. The predicted molar refractivity (Wildman–Crippen MR) is 67.7 cm³/mol. The molecule has 1 saturated carbocycles. The molecule has 4 heteroatoms. The fraction of sp³-hybridized carbons (Fsp3) is 0.769. The molecule has 4 nitrogen and oxygen atoms in total. The molecule has 0 spiro atoms. The molecule has 1 heterocycles. The summed E-state index contributed by atoms with van der Waals surface area (Å²) < 4.78 is 1.96. The molecule has 2 rings (SSSR count). The number of hydrogen-bond donors (Lipinski definition) is 2. The van der Waals surface area contributed by atoms with Gasteiger partial charge < -0.3 is 10.4 Å². The van der Waals surface area contributed by atoms with Crippen molar-refractivity contribution < 1.29 is 5.11 Å². The average molecular weight is 237 g/mol. The lowest BCUT2D eigenvalue weighted by atomic mass is 10.0. The molecule has 1 aromatic heterocycles. The van der Waals surface area contributed by atoms with Crippen molar-refractivity contribution in [2.24, 2.45) is 0 Å². The monoisotopic (exact) mass is 237 g/mol. The summed E-state index contributed by atoms with van der Waals surface area (Å²) in [5, 5.41) is 17.8. The van der Waals surface area contributed by atoms with Crippen molar-refractivity contribution in [2.75, 3.05) is 6.54 Å². The second kappa shape index (κ2) is 5.19. The van der Waals surface area contributed by atoms with Crippen molar-refractivity contribution in [3.8, 4) is 0 Å². The minimum Gasteiger partial charge on any atom is -0.389 e. The molecule has 0 aromatic carbocycles. The van der Waals surface area contributed by atoms with Crippen LogP contribution in [0.1, 0.15) is 51.1 Å². The predicted octanol–water partition coefficient (Wildman–Crippen LogP) is 1.86. The molecule has 0 atom stereocenters. The van der Waals surface area contributed by atoms with Gasteiger partial charge >= 0.3 is 0 Å².